The Morgan fingerprint density at radius 1 is 1.35 bits per heavy atom. The van der Waals surface area contributed by atoms with Gasteiger partial charge in [0, 0.05) is 19.0 Å². The second-order valence-corrected chi connectivity index (χ2v) is 6.29. The van der Waals surface area contributed by atoms with E-state index in [0.29, 0.717) is 0 Å². The predicted octanol–water partition coefficient (Wildman–Crippen LogP) is 0.559. The molecule has 0 fully saturated rings. The van der Waals surface area contributed by atoms with Gasteiger partial charge in [0.25, 0.3) is 0 Å². The van der Waals surface area contributed by atoms with Crippen LogP contribution in [0.5, 0.6) is 0 Å². The molecule has 0 aromatic heterocycles. The van der Waals surface area contributed by atoms with Crippen LogP contribution in [0.1, 0.15) is 24.4 Å². The van der Waals surface area contributed by atoms with Gasteiger partial charge in [-0.25, -0.2) is 13.1 Å². The molecule has 0 saturated carbocycles. The average Bonchev–Trinajstić information content (AvgIpc) is 2.45. The standard InChI is InChI=1S/C13H20N2O4S/c1-19-13(16)8-5-9-20(17,18)15-10-12(14)11-6-3-2-4-7-11/h2-4,6-7,12,15H,5,8-10,14H2,1H3. The number of hydrogen-bond donors (Lipinski definition) is 2. The molecular weight excluding hydrogens is 280 g/mol. The maximum atomic E-state index is 11.7. The van der Waals surface area contributed by atoms with E-state index in [1.54, 1.807) is 0 Å². The zero-order chi connectivity index (χ0) is 15.0. The van der Waals surface area contributed by atoms with E-state index < -0.39 is 22.0 Å². The van der Waals surface area contributed by atoms with E-state index in [-0.39, 0.29) is 25.1 Å². The number of esters is 1. The Hall–Kier alpha value is -1.44. The van der Waals surface area contributed by atoms with Gasteiger partial charge in [0.15, 0.2) is 0 Å². The fourth-order valence-corrected chi connectivity index (χ4v) is 2.72. The van der Waals surface area contributed by atoms with Crippen LogP contribution in [-0.2, 0) is 19.6 Å². The van der Waals surface area contributed by atoms with Crippen LogP contribution < -0.4 is 10.5 Å². The smallest absolute Gasteiger partial charge is 0.305 e. The normalized spacial score (nSPS) is 12.9. The van der Waals surface area contributed by atoms with Crippen molar-refractivity contribution in [2.24, 2.45) is 5.73 Å². The highest BCUT2D eigenvalue weighted by Gasteiger charge is 2.14. The highest BCUT2D eigenvalue weighted by atomic mass is 32.2. The fourth-order valence-electron chi connectivity index (χ4n) is 1.62. The third kappa shape index (κ3) is 6.14. The van der Waals surface area contributed by atoms with Crippen LogP contribution in [0.15, 0.2) is 30.3 Å². The van der Waals surface area contributed by atoms with Crippen LogP contribution >= 0.6 is 0 Å². The molecule has 1 aromatic rings. The minimum absolute atomic E-state index is 0.0855. The Balaban J connectivity index is 2.38. The summed E-state index contributed by atoms with van der Waals surface area (Å²) in [6.07, 6.45) is 0.310. The van der Waals surface area contributed by atoms with Gasteiger partial charge in [-0.3, -0.25) is 4.79 Å². The van der Waals surface area contributed by atoms with Crippen LogP contribution in [0.4, 0.5) is 0 Å². The second-order valence-electron chi connectivity index (χ2n) is 4.36. The van der Waals surface area contributed by atoms with Gasteiger partial charge in [0.1, 0.15) is 0 Å². The Morgan fingerprint density at radius 2 is 2.00 bits per heavy atom. The van der Waals surface area contributed by atoms with Gasteiger partial charge < -0.3 is 10.5 Å². The lowest BCUT2D eigenvalue weighted by Gasteiger charge is -2.13. The fraction of sp³-hybridized carbons (Fsp3) is 0.462. The molecule has 0 aliphatic rings. The van der Waals surface area contributed by atoms with Gasteiger partial charge in [0.2, 0.25) is 10.0 Å². The number of methoxy groups -OCH3 is 1. The number of carbonyl (C=O) groups excluding carboxylic acids is 1. The lowest BCUT2D eigenvalue weighted by Crippen LogP contribution is -2.33. The van der Waals surface area contributed by atoms with E-state index in [9.17, 15) is 13.2 Å². The SMILES string of the molecule is COC(=O)CCCS(=O)(=O)NCC(N)c1ccccc1. The molecule has 1 unspecified atom stereocenters. The molecule has 1 aromatic carbocycles. The van der Waals surface area contributed by atoms with Crippen molar-refractivity contribution in [1.82, 2.24) is 4.72 Å². The molecule has 0 heterocycles. The number of ether oxygens (including phenoxy) is 1. The first-order chi connectivity index (χ1) is 9.44. The highest BCUT2D eigenvalue weighted by molar-refractivity contribution is 7.89. The van der Waals surface area contributed by atoms with Crippen LogP contribution in [-0.4, -0.2) is 33.8 Å². The molecule has 7 heteroatoms. The van der Waals surface area contributed by atoms with E-state index in [4.69, 9.17) is 5.73 Å². The maximum Gasteiger partial charge on any atom is 0.305 e. The molecule has 20 heavy (non-hydrogen) atoms. The van der Waals surface area contributed by atoms with Gasteiger partial charge in [-0.1, -0.05) is 30.3 Å². The third-order valence-corrected chi connectivity index (χ3v) is 4.21. The number of rotatable bonds is 8. The zero-order valence-corrected chi connectivity index (χ0v) is 12.2. The number of nitrogens with one attached hydrogen (secondary N) is 1. The average molecular weight is 300 g/mol. The van der Waals surface area contributed by atoms with Crippen molar-refractivity contribution < 1.29 is 17.9 Å². The van der Waals surface area contributed by atoms with E-state index in [1.807, 2.05) is 30.3 Å². The molecule has 1 rings (SSSR count). The number of nitrogens with two attached hydrogens (primary N) is 1. The summed E-state index contributed by atoms with van der Waals surface area (Å²) in [5, 5.41) is 0. The monoisotopic (exact) mass is 300 g/mol. The number of hydrogen-bond acceptors (Lipinski definition) is 5. The predicted molar refractivity (Wildman–Crippen MR) is 76.4 cm³/mol. The summed E-state index contributed by atoms with van der Waals surface area (Å²) in [5.41, 5.74) is 6.77. The molecule has 0 amide bonds. The lowest BCUT2D eigenvalue weighted by molar-refractivity contribution is -0.140. The largest absolute Gasteiger partial charge is 0.469 e. The van der Waals surface area contributed by atoms with Gasteiger partial charge in [-0.15, -0.1) is 0 Å². The van der Waals surface area contributed by atoms with E-state index in [2.05, 4.69) is 9.46 Å². The van der Waals surface area contributed by atoms with E-state index in [1.165, 1.54) is 7.11 Å². The summed E-state index contributed by atoms with van der Waals surface area (Å²) in [6, 6.07) is 8.85. The lowest BCUT2D eigenvalue weighted by atomic mass is 10.1. The minimum Gasteiger partial charge on any atom is -0.469 e. The zero-order valence-electron chi connectivity index (χ0n) is 11.4. The van der Waals surface area contributed by atoms with Crippen molar-refractivity contribution in [3.63, 3.8) is 0 Å². The maximum absolute atomic E-state index is 11.7. The quantitative estimate of drug-likeness (QED) is 0.683. The van der Waals surface area contributed by atoms with Gasteiger partial charge >= 0.3 is 5.97 Å². The van der Waals surface area contributed by atoms with Crippen LogP contribution in [0.2, 0.25) is 0 Å². The first-order valence-corrected chi connectivity index (χ1v) is 7.94. The minimum atomic E-state index is -3.43. The Bertz CT molecular complexity index is 516. The van der Waals surface area contributed by atoms with Crippen LogP contribution in [0.3, 0.4) is 0 Å². The Labute approximate surface area is 119 Å². The molecular formula is C13H20N2O4S. The molecule has 3 N–H and O–H groups in total. The summed E-state index contributed by atoms with van der Waals surface area (Å²) in [4.78, 5) is 10.9. The molecule has 0 aliphatic carbocycles. The summed E-state index contributed by atoms with van der Waals surface area (Å²) < 4.78 is 30.3. The number of benzene rings is 1. The summed E-state index contributed by atoms with van der Waals surface area (Å²) in [5.74, 6) is -0.537. The van der Waals surface area contributed by atoms with Crippen molar-refractivity contribution >= 4 is 16.0 Å². The molecule has 6 nitrogen and oxygen atoms in total. The van der Waals surface area contributed by atoms with Gasteiger partial charge in [0.05, 0.1) is 12.9 Å². The van der Waals surface area contributed by atoms with Crippen molar-refractivity contribution in [2.45, 2.75) is 18.9 Å². The van der Waals surface area contributed by atoms with E-state index >= 15 is 0 Å². The highest BCUT2D eigenvalue weighted by Crippen LogP contribution is 2.08. The second kappa shape index (κ2) is 7.98. The summed E-state index contributed by atoms with van der Waals surface area (Å²) in [7, 11) is -2.15. The number of sulfonamides is 1. The first-order valence-electron chi connectivity index (χ1n) is 6.29. The van der Waals surface area contributed by atoms with Crippen molar-refractivity contribution in [3.8, 4) is 0 Å². The van der Waals surface area contributed by atoms with E-state index in [0.717, 1.165) is 5.56 Å². The number of carbonyl (C=O) groups is 1. The van der Waals surface area contributed by atoms with Crippen molar-refractivity contribution in [1.29, 1.82) is 0 Å². The molecule has 0 spiro atoms. The van der Waals surface area contributed by atoms with Gasteiger partial charge in [-0.2, -0.15) is 0 Å². The molecule has 0 aliphatic heterocycles. The van der Waals surface area contributed by atoms with Crippen LogP contribution in [0, 0.1) is 0 Å². The Morgan fingerprint density at radius 3 is 2.60 bits per heavy atom. The molecule has 1 atom stereocenters. The third-order valence-electron chi connectivity index (χ3n) is 2.77. The molecule has 112 valence electrons. The van der Waals surface area contributed by atoms with Gasteiger partial charge in [-0.05, 0) is 12.0 Å². The topological polar surface area (TPSA) is 98.5 Å². The van der Waals surface area contributed by atoms with Crippen LogP contribution in [0.25, 0.3) is 0 Å². The Kier molecular flexibility index (Phi) is 6.63. The first kappa shape index (κ1) is 16.6. The molecule has 0 radical (unpaired) electrons. The van der Waals surface area contributed by atoms with Crippen molar-refractivity contribution in [2.75, 3.05) is 19.4 Å². The van der Waals surface area contributed by atoms with Crippen molar-refractivity contribution in [3.05, 3.63) is 35.9 Å². The molecule has 0 bridgehead atoms. The molecule has 0 saturated heterocycles. The summed E-state index contributed by atoms with van der Waals surface area (Å²) >= 11 is 0. The summed E-state index contributed by atoms with van der Waals surface area (Å²) in [6.45, 7) is 0.130.